The number of nitrogens with one attached hydrogen (secondary N) is 4. The van der Waals surface area contributed by atoms with Crippen LogP contribution in [0.5, 0.6) is 5.75 Å². The number of aromatic amines is 1. The molecule has 7 aromatic rings. The fraction of sp³-hybridized carbons (Fsp3) is 0.239. The topological polar surface area (TPSA) is 213 Å². The number of nitrogen functional groups attached to an aromatic ring is 1. The van der Waals surface area contributed by atoms with E-state index < -0.39 is 0 Å². The van der Waals surface area contributed by atoms with E-state index in [9.17, 15) is 4.79 Å². The minimum atomic E-state index is -0.307. The fourth-order valence-electron chi connectivity index (χ4n) is 6.13. The van der Waals surface area contributed by atoms with Crippen LogP contribution >= 0.6 is 11.6 Å². The molecule has 0 spiro atoms. The first-order valence-electron chi connectivity index (χ1n) is 20.2. The molecule has 2 saturated heterocycles. The highest BCUT2D eigenvalue weighted by Gasteiger charge is 2.16. The summed E-state index contributed by atoms with van der Waals surface area (Å²) >= 11 is 5.97. The second-order valence-electron chi connectivity index (χ2n) is 13.9. The lowest BCUT2D eigenvalue weighted by Gasteiger charge is -2.29. The average molecular weight is 870 g/mol. The molecule has 1 aromatic carbocycles. The molecule has 326 valence electrons. The Bertz CT molecular complexity index is 2640. The quantitative estimate of drug-likeness (QED) is 0.106. The number of fused-ring (bicyclic) bond motifs is 1. The number of imidazole rings is 1. The molecule has 6 N–H and O–H groups in total. The Morgan fingerprint density at radius 2 is 1.76 bits per heavy atom. The Balaban J connectivity index is 0.000000179. The number of benzene rings is 1. The summed E-state index contributed by atoms with van der Waals surface area (Å²) in [7, 11) is 3.33. The highest BCUT2D eigenvalue weighted by atomic mass is 35.5. The number of hydrogen-bond donors (Lipinski definition) is 5. The number of aryl methyl sites for hydroxylation is 1. The molecule has 0 radical (unpaired) electrons. The summed E-state index contributed by atoms with van der Waals surface area (Å²) in [4.78, 5) is 27.9. The highest BCUT2D eigenvalue weighted by Crippen LogP contribution is 2.31. The van der Waals surface area contributed by atoms with E-state index in [-0.39, 0.29) is 5.91 Å². The number of amides is 1. The number of nitrogens with zero attached hydrogens (tertiary/aromatic N) is 8. The van der Waals surface area contributed by atoms with Gasteiger partial charge < -0.3 is 35.3 Å². The lowest BCUT2D eigenvalue weighted by atomic mass is 10.2. The van der Waals surface area contributed by atoms with Crippen LogP contribution in [-0.2, 0) is 11.8 Å². The Hall–Kier alpha value is -7.32. The van der Waals surface area contributed by atoms with Crippen LogP contribution < -0.4 is 31.5 Å². The monoisotopic (exact) mass is 869 g/mol. The van der Waals surface area contributed by atoms with Gasteiger partial charge in [0.1, 0.15) is 34.5 Å². The number of aromatic nitrogens is 7. The van der Waals surface area contributed by atoms with Gasteiger partial charge >= 0.3 is 0 Å². The molecule has 2 aliphatic rings. The van der Waals surface area contributed by atoms with Crippen LogP contribution in [0.4, 0.5) is 17.2 Å². The zero-order valence-corrected chi connectivity index (χ0v) is 36.3. The molecule has 1 amide bonds. The van der Waals surface area contributed by atoms with E-state index in [4.69, 9.17) is 37.5 Å². The van der Waals surface area contributed by atoms with Gasteiger partial charge in [-0.25, -0.2) is 15.0 Å². The third-order valence-electron chi connectivity index (χ3n) is 9.29. The summed E-state index contributed by atoms with van der Waals surface area (Å²) in [6, 6.07) is 27.2. The van der Waals surface area contributed by atoms with Crippen LogP contribution in [0.3, 0.4) is 0 Å². The molecule has 16 nitrogen and oxygen atoms in total. The number of nitriles is 1. The van der Waals surface area contributed by atoms with Crippen LogP contribution in [0, 0.1) is 16.7 Å². The molecule has 9 rings (SSSR count). The van der Waals surface area contributed by atoms with E-state index >= 15 is 0 Å². The van der Waals surface area contributed by atoms with Gasteiger partial charge in [-0.05, 0) is 99.6 Å². The lowest BCUT2D eigenvalue weighted by Crippen LogP contribution is -2.36. The minimum Gasteiger partial charge on any atom is -0.494 e. The van der Waals surface area contributed by atoms with Gasteiger partial charge in [-0.1, -0.05) is 29.8 Å². The van der Waals surface area contributed by atoms with Crippen LogP contribution in [0.25, 0.3) is 28.4 Å². The zero-order chi connectivity index (χ0) is 45.0. The molecule has 0 bridgehead atoms. The van der Waals surface area contributed by atoms with Crippen molar-refractivity contribution >= 4 is 40.3 Å². The van der Waals surface area contributed by atoms with Gasteiger partial charge in [0.05, 0.1) is 65.6 Å². The number of halogens is 1. The number of nitrogens with two attached hydrogens (primary N) is 1. The predicted octanol–water partition coefficient (Wildman–Crippen LogP) is 7.14. The van der Waals surface area contributed by atoms with Gasteiger partial charge in [-0.3, -0.25) is 19.7 Å². The minimum absolute atomic E-state index is 0.307. The molecule has 2 aliphatic heterocycles. The second kappa shape index (κ2) is 24.2. The smallest absolute Gasteiger partial charge is 0.274 e. The van der Waals surface area contributed by atoms with E-state index in [0.717, 1.165) is 41.5 Å². The number of carbonyl (C=O) groups is 1. The number of pyridine rings is 4. The maximum absolute atomic E-state index is 12.7. The second-order valence-corrected chi connectivity index (χ2v) is 14.3. The van der Waals surface area contributed by atoms with Gasteiger partial charge in [0.15, 0.2) is 0 Å². The summed E-state index contributed by atoms with van der Waals surface area (Å²) < 4.78 is 14.4. The molecule has 0 unspecified atom stereocenters. The average Bonchev–Trinajstić information content (AvgIpc) is 4.14. The van der Waals surface area contributed by atoms with Crippen molar-refractivity contribution in [1.29, 1.82) is 10.7 Å². The Morgan fingerprint density at radius 3 is 2.41 bits per heavy atom. The Morgan fingerprint density at radius 1 is 1.02 bits per heavy atom. The lowest BCUT2D eigenvalue weighted by molar-refractivity contribution is 0.102. The number of carbonyl (C=O) groups excluding carboxylic acids is 1. The highest BCUT2D eigenvalue weighted by molar-refractivity contribution is 6.30. The van der Waals surface area contributed by atoms with Crippen molar-refractivity contribution in [2.24, 2.45) is 7.05 Å². The van der Waals surface area contributed by atoms with Gasteiger partial charge in [-0.15, -0.1) is 6.58 Å². The molecule has 8 heterocycles. The largest absolute Gasteiger partial charge is 0.494 e. The summed E-state index contributed by atoms with van der Waals surface area (Å²) in [5.74, 6) is 0.778. The van der Waals surface area contributed by atoms with E-state index in [2.05, 4.69) is 47.3 Å². The van der Waals surface area contributed by atoms with Crippen molar-refractivity contribution in [2.75, 3.05) is 62.5 Å². The number of methoxy groups -OCH3 is 1. The maximum Gasteiger partial charge on any atom is 0.274 e. The zero-order valence-electron chi connectivity index (χ0n) is 35.6. The standard InChI is InChI=1S/C20H21N5O3.C12H9ClN4.C7H7N3.C4H9N.C3H6/c1-27-19-13-14(25-9-11-28-12-10-25)5-6-17(19)23-20(26)18-4-2-3-15(22-18)16-7-8-21-24-16;13-8-4-5-12-15-6-10(17(12)7-8)9-2-1-3-11(14)16-9;1-10-5-6(4-8)2-3-7(10)9;1-2-4-5-3-1;1-3-2/h2-8,13H,9-12H2,1H3,(H,21,24)(H,23,26);1-7H,(H2,14,16);2-3,5,9H,1H3;5H,1-4H2;3H,1H2,2H3. The van der Waals surface area contributed by atoms with Gasteiger partial charge in [-0.2, -0.15) is 10.4 Å². The number of rotatable bonds is 6. The number of allylic oxidation sites excluding steroid dienone is 1. The maximum atomic E-state index is 12.7. The van der Waals surface area contributed by atoms with E-state index in [1.165, 1.54) is 25.9 Å². The van der Waals surface area contributed by atoms with Crippen molar-refractivity contribution in [3.05, 3.63) is 144 Å². The molecule has 2 fully saturated rings. The van der Waals surface area contributed by atoms with Crippen LogP contribution in [0.15, 0.2) is 122 Å². The third kappa shape index (κ3) is 13.8. The van der Waals surface area contributed by atoms with E-state index in [1.54, 1.807) is 85.9 Å². The summed E-state index contributed by atoms with van der Waals surface area (Å²) in [5.41, 5.74) is 12.5. The molecule has 0 atom stereocenters. The van der Waals surface area contributed by atoms with Crippen molar-refractivity contribution < 1.29 is 14.3 Å². The number of H-pyrrole nitrogens is 1. The van der Waals surface area contributed by atoms with Crippen molar-refractivity contribution in [3.63, 3.8) is 0 Å². The normalized spacial score (nSPS) is 12.7. The third-order valence-corrected chi connectivity index (χ3v) is 9.51. The summed E-state index contributed by atoms with van der Waals surface area (Å²) in [6.45, 7) is 10.8. The first kappa shape index (κ1) is 46.7. The summed E-state index contributed by atoms with van der Waals surface area (Å²) in [5, 5.41) is 29.2. The Kier molecular flexibility index (Phi) is 18.0. The van der Waals surface area contributed by atoms with Gasteiger partial charge in [0.2, 0.25) is 0 Å². The molecule has 0 aliphatic carbocycles. The molecular formula is C46H52ClN13O3. The predicted molar refractivity (Wildman–Crippen MR) is 248 cm³/mol. The molecular weight excluding hydrogens is 818 g/mol. The number of anilines is 3. The molecule has 17 heteroatoms. The van der Waals surface area contributed by atoms with Crippen molar-refractivity contribution in [1.82, 2.24) is 39.4 Å². The first-order valence-corrected chi connectivity index (χ1v) is 20.5. The SMILES string of the molecule is C1CCNC1.C=CC.COc1cc(N2CCOCC2)ccc1NC(=O)c1cccc(-c2ccn[nH]2)n1.Cn1cc(C#N)ccc1=N.Nc1cccc(-c2cnc3ccc(Cl)cn23)n1. The van der Waals surface area contributed by atoms with Gasteiger partial charge in [0.25, 0.3) is 5.91 Å². The molecule has 63 heavy (non-hydrogen) atoms. The van der Waals surface area contributed by atoms with Crippen molar-refractivity contribution in [3.8, 4) is 34.6 Å². The van der Waals surface area contributed by atoms with Gasteiger partial charge in [0, 0.05) is 50.5 Å². The number of morpholine rings is 1. The van der Waals surface area contributed by atoms with Crippen LogP contribution in [0.2, 0.25) is 5.02 Å². The van der Waals surface area contributed by atoms with Crippen LogP contribution in [-0.4, -0.2) is 86.5 Å². The first-order chi connectivity index (χ1) is 30.6. The number of hydrogen-bond acceptors (Lipinski definition) is 12. The Labute approximate surface area is 371 Å². The summed E-state index contributed by atoms with van der Waals surface area (Å²) in [6.07, 6.45) is 11.4. The van der Waals surface area contributed by atoms with Crippen molar-refractivity contribution in [2.45, 2.75) is 19.8 Å². The molecule has 6 aromatic heterocycles. The van der Waals surface area contributed by atoms with Crippen LogP contribution in [0.1, 0.15) is 35.8 Å². The number of ether oxygens (including phenoxy) is 2. The fourth-order valence-corrected chi connectivity index (χ4v) is 6.29. The molecule has 0 saturated carbocycles. The van der Waals surface area contributed by atoms with E-state index in [0.29, 0.717) is 57.9 Å². The van der Waals surface area contributed by atoms with E-state index in [1.807, 2.05) is 66.1 Å².